The Labute approximate surface area is 102 Å². The Morgan fingerprint density at radius 3 is 2.65 bits per heavy atom. The summed E-state index contributed by atoms with van der Waals surface area (Å²) in [6.45, 7) is 2.35. The van der Waals surface area contributed by atoms with Crippen molar-refractivity contribution in [1.82, 2.24) is 0 Å². The van der Waals surface area contributed by atoms with E-state index in [2.05, 4.69) is 0 Å². The van der Waals surface area contributed by atoms with Gasteiger partial charge in [-0.2, -0.15) is 0 Å². The van der Waals surface area contributed by atoms with Gasteiger partial charge in [-0.3, -0.25) is 4.79 Å². The highest BCUT2D eigenvalue weighted by atomic mass is 16.5. The molecule has 0 radical (unpaired) electrons. The lowest BCUT2D eigenvalue weighted by molar-refractivity contribution is -0.143. The van der Waals surface area contributed by atoms with Crippen molar-refractivity contribution in [1.29, 1.82) is 0 Å². The summed E-state index contributed by atoms with van der Waals surface area (Å²) in [6.07, 6.45) is 1.98. The van der Waals surface area contributed by atoms with E-state index in [4.69, 9.17) is 4.74 Å². The fourth-order valence-electron chi connectivity index (χ4n) is 1.81. The van der Waals surface area contributed by atoms with Crippen molar-refractivity contribution in [3.8, 4) is 0 Å². The van der Waals surface area contributed by atoms with Gasteiger partial charge in [-0.05, 0) is 25.3 Å². The first kappa shape index (κ1) is 13.7. The third-order valence-corrected chi connectivity index (χ3v) is 2.73. The van der Waals surface area contributed by atoms with E-state index in [1.54, 1.807) is 6.92 Å². The standard InChI is InChI=1S/C14H20O3/c1-2-17-14(16)10-6-9-13(11-15)12-7-4-3-5-8-12/h3-5,7-8,13,15H,2,6,9-11H2,1H3/t13-/m1/s1. The van der Waals surface area contributed by atoms with Crippen molar-refractivity contribution in [3.05, 3.63) is 35.9 Å². The van der Waals surface area contributed by atoms with Crippen molar-refractivity contribution in [3.63, 3.8) is 0 Å². The number of hydrogen-bond acceptors (Lipinski definition) is 3. The molecular formula is C14H20O3. The van der Waals surface area contributed by atoms with Crippen LogP contribution in [0.4, 0.5) is 0 Å². The summed E-state index contributed by atoms with van der Waals surface area (Å²) in [5.74, 6) is -0.0390. The van der Waals surface area contributed by atoms with E-state index < -0.39 is 0 Å². The Morgan fingerprint density at radius 1 is 1.35 bits per heavy atom. The summed E-state index contributed by atoms with van der Waals surface area (Å²) in [7, 11) is 0. The maximum atomic E-state index is 11.2. The highest BCUT2D eigenvalue weighted by Gasteiger charge is 2.11. The molecule has 0 amide bonds. The molecule has 17 heavy (non-hydrogen) atoms. The monoisotopic (exact) mass is 236 g/mol. The van der Waals surface area contributed by atoms with Crippen molar-refractivity contribution < 1.29 is 14.6 Å². The lowest BCUT2D eigenvalue weighted by atomic mass is 9.94. The second-order valence-corrected chi connectivity index (χ2v) is 3.99. The second kappa shape index (κ2) is 7.85. The van der Waals surface area contributed by atoms with Crippen LogP contribution in [-0.4, -0.2) is 24.3 Å². The summed E-state index contributed by atoms with van der Waals surface area (Å²) >= 11 is 0. The van der Waals surface area contributed by atoms with Gasteiger partial charge in [0.05, 0.1) is 6.61 Å². The molecule has 94 valence electrons. The van der Waals surface area contributed by atoms with Gasteiger partial charge in [0.25, 0.3) is 0 Å². The zero-order valence-corrected chi connectivity index (χ0v) is 10.3. The molecule has 0 aliphatic heterocycles. The molecule has 0 saturated heterocycles. The third-order valence-electron chi connectivity index (χ3n) is 2.73. The minimum absolute atomic E-state index is 0.116. The molecule has 0 spiro atoms. The zero-order valence-electron chi connectivity index (χ0n) is 10.3. The van der Waals surface area contributed by atoms with Crippen LogP contribution in [0.25, 0.3) is 0 Å². The van der Waals surface area contributed by atoms with E-state index in [1.165, 1.54) is 0 Å². The number of hydrogen-bond donors (Lipinski definition) is 1. The molecule has 0 fully saturated rings. The molecular weight excluding hydrogens is 216 g/mol. The van der Waals surface area contributed by atoms with Crippen LogP contribution < -0.4 is 0 Å². The van der Waals surface area contributed by atoms with Gasteiger partial charge >= 0.3 is 5.97 Å². The normalized spacial score (nSPS) is 12.1. The highest BCUT2D eigenvalue weighted by molar-refractivity contribution is 5.69. The summed E-state index contributed by atoms with van der Waals surface area (Å²) in [4.78, 5) is 11.2. The SMILES string of the molecule is CCOC(=O)CCC[C@H](CO)c1ccccc1. The molecule has 0 aromatic heterocycles. The molecule has 3 nitrogen and oxygen atoms in total. The van der Waals surface area contributed by atoms with Gasteiger partial charge in [-0.25, -0.2) is 0 Å². The Bertz CT molecular complexity index is 321. The smallest absolute Gasteiger partial charge is 0.305 e. The zero-order chi connectivity index (χ0) is 12.5. The number of aliphatic hydroxyl groups is 1. The number of aliphatic hydroxyl groups excluding tert-OH is 1. The fourth-order valence-corrected chi connectivity index (χ4v) is 1.81. The van der Waals surface area contributed by atoms with Crippen LogP contribution in [0.3, 0.4) is 0 Å². The van der Waals surface area contributed by atoms with Gasteiger partial charge in [0.15, 0.2) is 0 Å². The number of carbonyl (C=O) groups excluding carboxylic acids is 1. The minimum atomic E-state index is -0.155. The van der Waals surface area contributed by atoms with Crippen LogP contribution >= 0.6 is 0 Å². The summed E-state index contributed by atoms with van der Waals surface area (Å²) in [6, 6.07) is 9.89. The number of rotatable bonds is 7. The van der Waals surface area contributed by atoms with Crippen molar-refractivity contribution >= 4 is 5.97 Å². The van der Waals surface area contributed by atoms with E-state index in [-0.39, 0.29) is 18.5 Å². The molecule has 0 unspecified atom stereocenters. The largest absolute Gasteiger partial charge is 0.466 e. The van der Waals surface area contributed by atoms with Gasteiger partial charge in [0.1, 0.15) is 0 Å². The maximum absolute atomic E-state index is 11.2. The Balaban J connectivity index is 2.36. The van der Waals surface area contributed by atoms with Crippen LogP contribution in [0, 0.1) is 0 Å². The first-order chi connectivity index (χ1) is 8.27. The van der Waals surface area contributed by atoms with Gasteiger partial charge < -0.3 is 9.84 Å². The predicted octanol–water partition coefficient (Wildman–Crippen LogP) is 2.50. The van der Waals surface area contributed by atoms with E-state index >= 15 is 0 Å². The molecule has 0 heterocycles. The second-order valence-electron chi connectivity index (χ2n) is 3.99. The van der Waals surface area contributed by atoms with Crippen LogP contribution in [-0.2, 0) is 9.53 Å². The number of esters is 1. The predicted molar refractivity (Wildman–Crippen MR) is 66.8 cm³/mol. The van der Waals surface area contributed by atoms with Crippen LogP contribution in [0.1, 0.15) is 37.7 Å². The molecule has 0 saturated carbocycles. The molecule has 1 aromatic carbocycles. The first-order valence-corrected chi connectivity index (χ1v) is 6.09. The third kappa shape index (κ3) is 5.00. The van der Waals surface area contributed by atoms with Crippen LogP contribution in [0.2, 0.25) is 0 Å². The van der Waals surface area contributed by atoms with Gasteiger partial charge in [-0.15, -0.1) is 0 Å². The average molecular weight is 236 g/mol. The summed E-state index contributed by atoms with van der Waals surface area (Å²) in [5, 5.41) is 9.33. The molecule has 0 aliphatic rings. The average Bonchev–Trinajstić information content (AvgIpc) is 2.36. The first-order valence-electron chi connectivity index (χ1n) is 6.09. The number of carbonyl (C=O) groups is 1. The Morgan fingerprint density at radius 2 is 2.06 bits per heavy atom. The Hall–Kier alpha value is -1.35. The van der Waals surface area contributed by atoms with Crippen LogP contribution in [0.5, 0.6) is 0 Å². The molecule has 3 heteroatoms. The fraction of sp³-hybridized carbons (Fsp3) is 0.500. The van der Waals surface area contributed by atoms with Gasteiger partial charge in [-0.1, -0.05) is 30.3 Å². The molecule has 1 N–H and O–H groups in total. The Kier molecular flexibility index (Phi) is 6.33. The quantitative estimate of drug-likeness (QED) is 0.740. The topological polar surface area (TPSA) is 46.5 Å². The minimum Gasteiger partial charge on any atom is -0.466 e. The van der Waals surface area contributed by atoms with Crippen molar-refractivity contribution in [2.24, 2.45) is 0 Å². The molecule has 0 aliphatic carbocycles. The molecule has 1 atom stereocenters. The molecule has 1 rings (SSSR count). The molecule has 0 bridgehead atoms. The maximum Gasteiger partial charge on any atom is 0.305 e. The summed E-state index contributed by atoms with van der Waals surface area (Å²) in [5.41, 5.74) is 1.12. The summed E-state index contributed by atoms with van der Waals surface area (Å²) < 4.78 is 4.86. The number of benzene rings is 1. The lowest BCUT2D eigenvalue weighted by Crippen LogP contribution is -2.07. The molecule has 1 aromatic rings. The highest BCUT2D eigenvalue weighted by Crippen LogP contribution is 2.21. The van der Waals surface area contributed by atoms with Gasteiger partial charge in [0.2, 0.25) is 0 Å². The van der Waals surface area contributed by atoms with E-state index in [9.17, 15) is 9.90 Å². The van der Waals surface area contributed by atoms with Gasteiger partial charge in [0, 0.05) is 18.9 Å². The van der Waals surface area contributed by atoms with E-state index in [0.717, 1.165) is 18.4 Å². The van der Waals surface area contributed by atoms with Crippen molar-refractivity contribution in [2.75, 3.05) is 13.2 Å². The van der Waals surface area contributed by atoms with E-state index in [0.29, 0.717) is 13.0 Å². The van der Waals surface area contributed by atoms with Crippen LogP contribution in [0.15, 0.2) is 30.3 Å². The lowest BCUT2D eigenvalue weighted by Gasteiger charge is -2.13. The van der Waals surface area contributed by atoms with Crippen molar-refractivity contribution in [2.45, 2.75) is 32.1 Å². The number of ether oxygens (including phenoxy) is 1. The van der Waals surface area contributed by atoms with E-state index in [1.807, 2.05) is 30.3 Å².